The molecule has 10 heteroatoms. The number of aryl methyl sites for hydroxylation is 2. The summed E-state index contributed by atoms with van der Waals surface area (Å²) in [6.45, 7) is 2.72. The molecule has 0 atom stereocenters. The van der Waals surface area contributed by atoms with Crippen molar-refractivity contribution >= 4 is 22.5 Å². The van der Waals surface area contributed by atoms with Gasteiger partial charge in [-0.1, -0.05) is 13.0 Å². The Morgan fingerprint density at radius 2 is 1.87 bits per heavy atom. The molecular formula is C29H25F3N6O. The van der Waals surface area contributed by atoms with Crippen molar-refractivity contribution in [2.45, 2.75) is 32.5 Å². The number of amides is 1. The van der Waals surface area contributed by atoms with Gasteiger partial charge in [0.15, 0.2) is 5.69 Å². The summed E-state index contributed by atoms with van der Waals surface area (Å²) in [7, 11) is 1.46. The van der Waals surface area contributed by atoms with Gasteiger partial charge in [-0.2, -0.15) is 18.3 Å². The maximum atomic E-state index is 14.1. The highest BCUT2D eigenvalue weighted by atomic mass is 19.4. The molecular weight excluding hydrogens is 505 g/mol. The van der Waals surface area contributed by atoms with Crippen molar-refractivity contribution < 1.29 is 18.0 Å². The lowest BCUT2D eigenvalue weighted by molar-refractivity contribution is -0.140. The van der Waals surface area contributed by atoms with Crippen LogP contribution in [0, 0.1) is 0 Å². The van der Waals surface area contributed by atoms with Crippen molar-refractivity contribution in [2.24, 2.45) is 7.05 Å². The second-order valence-electron chi connectivity index (χ2n) is 9.67. The van der Waals surface area contributed by atoms with Gasteiger partial charge in [-0.05, 0) is 65.9 Å². The molecule has 7 nitrogen and oxygen atoms in total. The van der Waals surface area contributed by atoms with E-state index in [1.54, 1.807) is 35.8 Å². The number of rotatable bonds is 5. The summed E-state index contributed by atoms with van der Waals surface area (Å²) < 4.78 is 44.9. The lowest BCUT2D eigenvalue weighted by Crippen LogP contribution is -2.38. The van der Waals surface area contributed by atoms with E-state index in [2.05, 4.69) is 10.1 Å². The van der Waals surface area contributed by atoms with Crippen LogP contribution in [0.5, 0.6) is 0 Å². The molecule has 0 N–H and O–H groups in total. The summed E-state index contributed by atoms with van der Waals surface area (Å²) in [5.74, 6) is -0.255. The summed E-state index contributed by atoms with van der Waals surface area (Å²) in [6, 6.07) is 13.1. The average molecular weight is 531 g/mol. The van der Waals surface area contributed by atoms with Crippen molar-refractivity contribution in [1.29, 1.82) is 0 Å². The molecule has 0 spiro atoms. The van der Waals surface area contributed by atoms with Gasteiger partial charge in [0.25, 0.3) is 5.91 Å². The number of fused-ring (bicyclic) bond motifs is 2. The maximum absolute atomic E-state index is 14.1. The Morgan fingerprint density at radius 3 is 2.62 bits per heavy atom. The van der Waals surface area contributed by atoms with Gasteiger partial charge in [0.05, 0.1) is 17.5 Å². The largest absolute Gasteiger partial charge is 0.435 e. The molecule has 0 unspecified atom stereocenters. The number of hydrogen-bond donors (Lipinski definition) is 0. The molecule has 1 aliphatic heterocycles. The molecule has 1 aliphatic rings. The molecule has 0 radical (unpaired) electrons. The Bertz CT molecular complexity index is 1700. The third kappa shape index (κ3) is 4.45. The van der Waals surface area contributed by atoms with E-state index in [4.69, 9.17) is 4.98 Å². The third-order valence-electron chi connectivity index (χ3n) is 7.10. The molecule has 0 bridgehead atoms. The second-order valence-corrected chi connectivity index (χ2v) is 9.67. The highest BCUT2D eigenvalue weighted by Crippen LogP contribution is 2.41. The van der Waals surface area contributed by atoms with Gasteiger partial charge >= 0.3 is 6.18 Å². The van der Waals surface area contributed by atoms with E-state index in [1.807, 2.05) is 41.8 Å². The van der Waals surface area contributed by atoms with E-state index < -0.39 is 11.9 Å². The normalized spacial score (nSPS) is 13.8. The van der Waals surface area contributed by atoms with Gasteiger partial charge < -0.3 is 9.47 Å². The van der Waals surface area contributed by atoms with Crippen molar-refractivity contribution in [1.82, 2.24) is 24.3 Å². The zero-order chi connectivity index (χ0) is 27.3. The summed E-state index contributed by atoms with van der Waals surface area (Å²) >= 11 is 0. The Labute approximate surface area is 222 Å². The quantitative estimate of drug-likeness (QED) is 0.294. The molecule has 0 saturated carbocycles. The van der Waals surface area contributed by atoms with Gasteiger partial charge in [0, 0.05) is 60.9 Å². The number of imidazole rings is 1. The van der Waals surface area contributed by atoms with Crippen molar-refractivity contribution in [2.75, 3.05) is 11.4 Å². The zero-order valence-corrected chi connectivity index (χ0v) is 21.4. The predicted molar refractivity (Wildman–Crippen MR) is 141 cm³/mol. The van der Waals surface area contributed by atoms with Crippen LogP contribution in [0.25, 0.3) is 22.0 Å². The highest BCUT2D eigenvalue weighted by molar-refractivity contribution is 6.13. The minimum Gasteiger partial charge on any atom is -0.333 e. The number of carbonyl (C=O) groups excluding carboxylic acids is 1. The molecule has 3 aromatic heterocycles. The Morgan fingerprint density at radius 1 is 1.05 bits per heavy atom. The lowest BCUT2D eigenvalue weighted by atomic mass is 9.87. The molecule has 4 heterocycles. The van der Waals surface area contributed by atoms with Crippen LogP contribution in [0.4, 0.5) is 18.9 Å². The number of carbonyl (C=O) groups is 1. The van der Waals surface area contributed by atoms with E-state index in [1.165, 1.54) is 13.2 Å². The van der Waals surface area contributed by atoms with Crippen LogP contribution in [-0.4, -0.2) is 36.8 Å². The fourth-order valence-corrected chi connectivity index (χ4v) is 5.32. The zero-order valence-electron chi connectivity index (χ0n) is 21.4. The third-order valence-corrected chi connectivity index (χ3v) is 7.10. The molecule has 0 fully saturated rings. The highest BCUT2D eigenvalue weighted by Gasteiger charge is 2.39. The van der Waals surface area contributed by atoms with Gasteiger partial charge in [0.1, 0.15) is 0 Å². The first-order valence-corrected chi connectivity index (χ1v) is 12.7. The Hall–Kier alpha value is -4.47. The number of alkyl halides is 3. The van der Waals surface area contributed by atoms with Crippen molar-refractivity contribution in [3.05, 3.63) is 95.5 Å². The lowest BCUT2D eigenvalue weighted by Gasteiger charge is -2.31. The van der Waals surface area contributed by atoms with E-state index in [9.17, 15) is 18.0 Å². The number of nitrogens with zero attached hydrogens (tertiary/aromatic N) is 6. The average Bonchev–Trinajstić information content (AvgIpc) is 3.57. The number of hydrogen-bond acceptors (Lipinski definition) is 4. The Balaban J connectivity index is 1.51. The minimum absolute atomic E-state index is 0.0311. The molecule has 1 amide bonds. The molecule has 2 aromatic carbocycles. The molecule has 39 heavy (non-hydrogen) atoms. The van der Waals surface area contributed by atoms with Gasteiger partial charge in [0.2, 0.25) is 0 Å². The van der Waals surface area contributed by atoms with Gasteiger partial charge in [-0.15, -0.1) is 0 Å². The van der Waals surface area contributed by atoms with E-state index >= 15 is 0 Å². The number of pyridine rings is 1. The molecule has 6 rings (SSSR count). The molecule has 0 saturated heterocycles. The first-order chi connectivity index (χ1) is 18.7. The van der Waals surface area contributed by atoms with Crippen molar-refractivity contribution in [3.8, 4) is 11.1 Å². The van der Waals surface area contributed by atoms with Crippen LogP contribution >= 0.6 is 0 Å². The van der Waals surface area contributed by atoms with E-state index in [0.29, 0.717) is 41.8 Å². The van der Waals surface area contributed by atoms with Crippen LogP contribution in [0.3, 0.4) is 0 Å². The summed E-state index contributed by atoms with van der Waals surface area (Å²) in [5.41, 5.74) is 3.55. The maximum Gasteiger partial charge on any atom is 0.435 e. The van der Waals surface area contributed by atoms with Gasteiger partial charge in [-0.25, -0.2) is 4.98 Å². The smallest absolute Gasteiger partial charge is 0.333 e. The van der Waals surface area contributed by atoms with E-state index in [-0.39, 0.29) is 11.5 Å². The van der Waals surface area contributed by atoms with E-state index in [0.717, 1.165) is 33.4 Å². The first-order valence-electron chi connectivity index (χ1n) is 12.7. The minimum atomic E-state index is -4.64. The SMILES string of the molecule is CCc1ccc2c(N3CCc4c(cc(Cn5ccnc5)cc4-c4cn(C)nc4C(F)(F)F)C3=O)cccc2n1. The number of halogens is 3. The summed E-state index contributed by atoms with van der Waals surface area (Å²) in [5, 5.41) is 4.57. The summed E-state index contributed by atoms with van der Waals surface area (Å²) in [6.07, 6.45) is 2.96. The first kappa shape index (κ1) is 24.8. The van der Waals surface area contributed by atoms with Crippen LogP contribution in [0.1, 0.15) is 39.8 Å². The summed E-state index contributed by atoms with van der Waals surface area (Å²) in [4.78, 5) is 24.5. The predicted octanol–water partition coefficient (Wildman–Crippen LogP) is 5.66. The molecule has 5 aromatic rings. The number of benzene rings is 2. The fourth-order valence-electron chi connectivity index (χ4n) is 5.32. The topological polar surface area (TPSA) is 68.8 Å². The van der Waals surface area contributed by atoms with Crippen LogP contribution < -0.4 is 4.90 Å². The fraction of sp³-hybridized carbons (Fsp3) is 0.241. The van der Waals surface area contributed by atoms with Crippen molar-refractivity contribution in [3.63, 3.8) is 0 Å². The monoisotopic (exact) mass is 530 g/mol. The van der Waals surface area contributed by atoms with Crippen LogP contribution in [0.2, 0.25) is 0 Å². The number of aromatic nitrogens is 5. The number of anilines is 1. The second kappa shape index (κ2) is 9.37. The standard InChI is InChI=1S/C29H25F3N6O/c1-3-19-7-8-21-25(34-19)5-4-6-26(21)38-11-9-20-22(24-16-36(2)35-27(24)29(30,31)32)13-18(14-23(20)28(38)39)15-37-12-10-33-17-37/h4-8,10,12-14,16-17H,3,9,11,15H2,1-2H3. The molecule has 198 valence electrons. The van der Waals surface area contributed by atoms with Crippen LogP contribution in [-0.2, 0) is 32.6 Å². The van der Waals surface area contributed by atoms with Crippen LogP contribution in [0.15, 0.2) is 67.4 Å². The Kier molecular flexibility index (Phi) is 5.97. The molecule has 0 aliphatic carbocycles. The van der Waals surface area contributed by atoms with Gasteiger partial charge in [-0.3, -0.25) is 14.5 Å².